The molecule has 9 heteroatoms. The van der Waals surface area contributed by atoms with E-state index in [9.17, 15) is 9.59 Å². The van der Waals surface area contributed by atoms with Crippen LogP contribution in [0, 0.1) is 5.92 Å². The van der Waals surface area contributed by atoms with E-state index in [2.05, 4.69) is 17.0 Å². The summed E-state index contributed by atoms with van der Waals surface area (Å²) in [5.41, 5.74) is -0.511. The average molecular weight is 368 g/mol. The van der Waals surface area contributed by atoms with Gasteiger partial charge in [0.2, 0.25) is 0 Å². The van der Waals surface area contributed by atoms with E-state index in [1.165, 1.54) is 0 Å². The van der Waals surface area contributed by atoms with E-state index < -0.39 is 11.7 Å². The number of aromatic nitrogens is 4. The van der Waals surface area contributed by atoms with E-state index in [1.807, 2.05) is 6.08 Å². The Morgan fingerprint density at radius 1 is 1.29 bits per heavy atom. The Labute approximate surface area is 148 Å². The molecular formula is C15H15Cl2N5O2. The molecule has 126 valence electrons. The highest BCUT2D eigenvalue weighted by atomic mass is 35.5. The minimum Gasteiger partial charge on any atom is -0.322 e. The van der Waals surface area contributed by atoms with Crippen molar-refractivity contribution in [2.24, 2.45) is 5.92 Å². The first-order valence-corrected chi connectivity index (χ1v) is 8.19. The van der Waals surface area contributed by atoms with E-state index >= 15 is 0 Å². The molecule has 1 amide bonds. The van der Waals surface area contributed by atoms with Crippen molar-refractivity contribution in [2.75, 3.05) is 13.1 Å². The standard InChI is InChI=1S/C15H15Cl2N5O2/c1-2-10-5-4-8-20(9-10)14(23)22-15(24)21(18-19-22)13-11(16)6-3-7-12(13)17/h2-3,6-7,10H,1,4-5,8-9H2. The number of hydrogen-bond acceptors (Lipinski definition) is 4. The molecule has 0 spiro atoms. The van der Waals surface area contributed by atoms with Crippen molar-refractivity contribution >= 4 is 29.2 Å². The molecule has 0 aliphatic carbocycles. The molecule has 2 heterocycles. The number of nitrogens with zero attached hydrogens (tertiary/aromatic N) is 5. The second-order valence-corrected chi connectivity index (χ2v) is 6.34. The third-order valence-electron chi connectivity index (χ3n) is 3.97. The maximum absolute atomic E-state index is 12.6. The van der Waals surface area contributed by atoms with Crippen molar-refractivity contribution in [1.29, 1.82) is 0 Å². The highest BCUT2D eigenvalue weighted by Gasteiger charge is 2.26. The molecule has 0 bridgehead atoms. The van der Waals surface area contributed by atoms with E-state index in [4.69, 9.17) is 23.2 Å². The SMILES string of the molecule is C=CC1CCCN(C(=O)n2nnn(-c3c(Cl)cccc3Cl)c2=O)C1. The minimum atomic E-state index is -0.712. The number of hydrogen-bond donors (Lipinski definition) is 0. The fourth-order valence-electron chi connectivity index (χ4n) is 2.71. The van der Waals surface area contributed by atoms with Crippen LogP contribution in [0.2, 0.25) is 10.0 Å². The van der Waals surface area contributed by atoms with Crippen LogP contribution < -0.4 is 5.69 Å². The molecule has 1 aromatic heterocycles. The Hall–Kier alpha value is -2.12. The number of halogens is 2. The maximum atomic E-state index is 12.6. The Balaban J connectivity index is 1.94. The zero-order valence-corrected chi connectivity index (χ0v) is 14.2. The fourth-order valence-corrected chi connectivity index (χ4v) is 3.27. The lowest BCUT2D eigenvalue weighted by atomic mass is 9.99. The van der Waals surface area contributed by atoms with Crippen LogP contribution in [0.25, 0.3) is 5.69 Å². The first kappa shape index (κ1) is 16.7. The predicted molar refractivity (Wildman–Crippen MR) is 90.9 cm³/mol. The predicted octanol–water partition coefficient (Wildman–Crippen LogP) is 2.60. The summed E-state index contributed by atoms with van der Waals surface area (Å²) in [7, 11) is 0. The molecule has 24 heavy (non-hydrogen) atoms. The molecule has 0 saturated carbocycles. The Morgan fingerprint density at radius 2 is 2.00 bits per heavy atom. The zero-order valence-electron chi connectivity index (χ0n) is 12.7. The molecule has 0 N–H and O–H groups in total. The Morgan fingerprint density at radius 3 is 2.67 bits per heavy atom. The molecule has 1 fully saturated rings. The van der Waals surface area contributed by atoms with Crippen LogP contribution in [0.4, 0.5) is 4.79 Å². The van der Waals surface area contributed by atoms with Gasteiger partial charge in [-0.2, -0.15) is 4.68 Å². The minimum absolute atomic E-state index is 0.201. The van der Waals surface area contributed by atoms with Gasteiger partial charge in [-0.05, 0) is 41.3 Å². The molecular weight excluding hydrogens is 353 g/mol. The summed E-state index contributed by atoms with van der Waals surface area (Å²) in [6.45, 7) is 4.84. The second kappa shape index (κ2) is 6.78. The van der Waals surface area contributed by atoms with Gasteiger partial charge >= 0.3 is 11.7 Å². The van der Waals surface area contributed by atoms with Gasteiger partial charge in [0.25, 0.3) is 0 Å². The third kappa shape index (κ3) is 2.97. The maximum Gasteiger partial charge on any atom is 0.377 e. The molecule has 1 aromatic carbocycles. The molecule has 3 rings (SSSR count). The van der Waals surface area contributed by atoms with Crippen LogP contribution in [0.15, 0.2) is 35.6 Å². The van der Waals surface area contributed by atoms with Gasteiger partial charge in [-0.15, -0.1) is 11.3 Å². The number of para-hydroxylation sites is 1. The van der Waals surface area contributed by atoms with Crippen molar-refractivity contribution in [3.63, 3.8) is 0 Å². The number of carbonyl (C=O) groups excluding carboxylic acids is 1. The molecule has 1 atom stereocenters. The lowest BCUT2D eigenvalue weighted by molar-refractivity contribution is 0.172. The van der Waals surface area contributed by atoms with Crippen molar-refractivity contribution in [1.82, 2.24) is 24.7 Å². The van der Waals surface area contributed by atoms with E-state index in [1.54, 1.807) is 23.1 Å². The van der Waals surface area contributed by atoms with Crippen molar-refractivity contribution in [2.45, 2.75) is 12.8 Å². The summed E-state index contributed by atoms with van der Waals surface area (Å²) in [6.07, 6.45) is 3.65. The summed E-state index contributed by atoms with van der Waals surface area (Å²) >= 11 is 12.2. The smallest absolute Gasteiger partial charge is 0.322 e. The lowest BCUT2D eigenvalue weighted by Gasteiger charge is -2.30. The number of likely N-dealkylation sites (tertiary alicyclic amines) is 1. The largest absolute Gasteiger partial charge is 0.377 e. The third-order valence-corrected chi connectivity index (χ3v) is 4.58. The molecule has 1 aliphatic rings. The summed E-state index contributed by atoms with van der Waals surface area (Å²) < 4.78 is 1.66. The van der Waals surface area contributed by atoms with Crippen molar-refractivity contribution in [3.8, 4) is 5.69 Å². The van der Waals surface area contributed by atoms with Crippen molar-refractivity contribution in [3.05, 3.63) is 51.4 Å². The molecule has 1 aliphatic heterocycles. The number of rotatable bonds is 2. The quantitative estimate of drug-likeness (QED) is 0.603. The summed E-state index contributed by atoms with van der Waals surface area (Å²) in [6, 6.07) is 4.30. The second-order valence-electron chi connectivity index (χ2n) is 5.52. The Kier molecular flexibility index (Phi) is 4.73. The topological polar surface area (TPSA) is 73.0 Å². The van der Waals surface area contributed by atoms with Gasteiger partial charge in [-0.1, -0.05) is 35.3 Å². The van der Waals surface area contributed by atoms with Crippen molar-refractivity contribution < 1.29 is 4.79 Å². The van der Waals surface area contributed by atoms with Gasteiger partial charge in [0, 0.05) is 13.1 Å². The summed E-state index contributed by atoms with van der Waals surface area (Å²) in [5.74, 6) is 0.214. The van der Waals surface area contributed by atoms with Crippen LogP contribution in [0.1, 0.15) is 12.8 Å². The monoisotopic (exact) mass is 367 g/mol. The highest BCUT2D eigenvalue weighted by Crippen LogP contribution is 2.26. The van der Waals surface area contributed by atoms with Gasteiger partial charge in [-0.25, -0.2) is 9.59 Å². The Bertz CT molecular complexity index is 824. The van der Waals surface area contributed by atoms with Crippen LogP contribution in [0.5, 0.6) is 0 Å². The normalized spacial score (nSPS) is 17.8. The molecule has 7 nitrogen and oxygen atoms in total. The van der Waals surface area contributed by atoms with Crippen LogP contribution in [-0.4, -0.2) is 43.8 Å². The van der Waals surface area contributed by atoms with Gasteiger partial charge in [-0.3, -0.25) is 0 Å². The average Bonchev–Trinajstić information content (AvgIpc) is 2.95. The number of benzene rings is 1. The summed E-state index contributed by atoms with van der Waals surface area (Å²) in [4.78, 5) is 26.7. The molecule has 0 radical (unpaired) electrons. The van der Waals surface area contributed by atoms with E-state index in [-0.39, 0.29) is 21.7 Å². The molecule has 1 unspecified atom stereocenters. The van der Waals surface area contributed by atoms with E-state index in [0.29, 0.717) is 13.1 Å². The van der Waals surface area contributed by atoms with Gasteiger partial charge in [0.05, 0.1) is 10.0 Å². The highest BCUT2D eigenvalue weighted by molar-refractivity contribution is 6.37. The zero-order chi connectivity index (χ0) is 17.3. The number of amides is 1. The fraction of sp³-hybridized carbons (Fsp3) is 0.333. The number of piperidine rings is 1. The first-order chi connectivity index (χ1) is 11.5. The van der Waals surface area contributed by atoms with Gasteiger partial charge in [0.15, 0.2) is 0 Å². The van der Waals surface area contributed by atoms with Gasteiger partial charge in [0.1, 0.15) is 5.69 Å². The van der Waals surface area contributed by atoms with Gasteiger partial charge < -0.3 is 4.90 Å². The van der Waals surface area contributed by atoms with Crippen LogP contribution in [-0.2, 0) is 0 Å². The van der Waals surface area contributed by atoms with Crippen LogP contribution in [0.3, 0.4) is 0 Å². The lowest BCUT2D eigenvalue weighted by Crippen LogP contribution is -2.45. The number of carbonyl (C=O) groups is 1. The summed E-state index contributed by atoms with van der Waals surface area (Å²) in [5, 5.41) is 7.91. The first-order valence-electron chi connectivity index (χ1n) is 7.44. The van der Waals surface area contributed by atoms with Crippen LogP contribution >= 0.6 is 23.2 Å². The van der Waals surface area contributed by atoms with E-state index in [0.717, 1.165) is 22.2 Å². The molecule has 1 saturated heterocycles. The molecule has 2 aromatic rings. The number of tetrazole rings is 1.